The summed E-state index contributed by atoms with van der Waals surface area (Å²) in [5.41, 5.74) is 0.491. The van der Waals surface area contributed by atoms with E-state index in [0.717, 1.165) is 6.42 Å². The van der Waals surface area contributed by atoms with E-state index in [-0.39, 0.29) is 17.2 Å². The summed E-state index contributed by atoms with van der Waals surface area (Å²) in [5.74, 6) is 0.795. The first kappa shape index (κ1) is 14.8. The van der Waals surface area contributed by atoms with Crippen molar-refractivity contribution in [2.45, 2.75) is 12.8 Å². The molecule has 2 aromatic rings. The van der Waals surface area contributed by atoms with E-state index in [1.165, 1.54) is 0 Å². The minimum atomic E-state index is -0.155. The predicted octanol–water partition coefficient (Wildman–Crippen LogP) is 1.75. The van der Waals surface area contributed by atoms with Crippen molar-refractivity contribution in [2.75, 3.05) is 24.5 Å². The summed E-state index contributed by atoms with van der Waals surface area (Å²) in [4.78, 5) is 36.9. The summed E-state index contributed by atoms with van der Waals surface area (Å²) < 4.78 is 0. The third-order valence-corrected chi connectivity index (χ3v) is 4.90. The summed E-state index contributed by atoms with van der Waals surface area (Å²) in [6.07, 6.45) is 6.27. The van der Waals surface area contributed by atoms with Gasteiger partial charge in [0.25, 0.3) is 5.91 Å². The van der Waals surface area contributed by atoms with E-state index in [0.29, 0.717) is 37.4 Å². The van der Waals surface area contributed by atoms with Gasteiger partial charge in [0, 0.05) is 55.6 Å². The zero-order valence-electron chi connectivity index (χ0n) is 13.3. The average molecular weight is 322 g/mol. The molecule has 2 aliphatic heterocycles. The molecule has 6 nitrogen and oxygen atoms in total. The second-order valence-corrected chi connectivity index (χ2v) is 6.56. The number of pyridine rings is 2. The molecule has 0 N–H and O–H groups in total. The number of hydrogen-bond donors (Lipinski definition) is 0. The number of nitrogens with zero attached hydrogens (tertiary/aromatic N) is 4. The second-order valence-electron chi connectivity index (χ2n) is 6.56. The minimum absolute atomic E-state index is 0.0120. The summed E-state index contributed by atoms with van der Waals surface area (Å²) in [6, 6.07) is 9.03. The lowest BCUT2D eigenvalue weighted by Gasteiger charge is -2.24. The lowest BCUT2D eigenvalue weighted by atomic mass is 9.86. The van der Waals surface area contributed by atoms with Crippen LogP contribution in [0.5, 0.6) is 0 Å². The Morgan fingerprint density at radius 3 is 2.67 bits per heavy atom. The number of carbonyl (C=O) groups is 2. The van der Waals surface area contributed by atoms with Gasteiger partial charge < -0.3 is 4.90 Å². The normalized spacial score (nSPS) is 23.2. The van der Waals surface area contributed by atoms with E-state index in [2.05, 4.69) is 9.97 Å². The van der Waals surface area contributed by atoms with Crippen LogP contribution in [0.25, 0.3) is 0 Å². The molecule has 2 aliphatic rings. The van der Waals surface area contributed by atoms with Gasteiger partial charge in [0.2, 0.25) is 5.91 Å². The molecule has 0 radical (unpaired) electrons. The van der Waals surface area contributed by atoms with Crippen LogP contribution in [-0.2, 0) is 4.79 Å². The number of aromatic nitrogens is 2. The highest BCUT2D eigenvalue weighted by Crippen LogP contribution is 2.41. The first-order valence-electron chi connectivity index (χ1n) is 8.08. The molecule has 24 heavy (non-hydrogen) atoms. The Morgan fingerprint density at radius 2 is 1.92 bits per heavy atom. The van der Waals surface area contributed by atoms with Crippen LogP contribution in [0.15, 0.2) is 48.9 Å². The van der Waals surface area contributed by atoms with Crippen LogP contribution in [0, 0.1) is 5.41 Å². The molecule has 2 fully saturated rings. The van der Waals surface area contributed by atoms with Crippen LogP contribution in [0.1, 0.15) is 23.2 Å². The summed E-state index contributed by atoms with van der Waals surface area (Å²) in [5, 5.41) is 0. The zero-order chi connectivity index (χ0) is 16.6. The number of anilines is 1. The van der Waals surface area contributed by atoms with Crippen molar-refractivity contribution >= 4 is 17.6 Å². The van der Waals surface area contributed by atoms with Gasteiger partial charge in [0.15, 0.2) is 0 Å². The van der Waals surface area contributed by atoms with Gasteiger partial charge in [-0.25, -0.2) is 4.98 Å². The van der Waals surface area contributed by atoms with Gasteiger partial charge in [-0.3, -0.25) is 19.5 Å². The van der Waals surface area contributed by atoms with Crippen molar-refractivity contribution in [1.82, 2.24) is 14.9 Å². The Labute approximate surface area is 140 Å². The van der Waals surface area contributed by atoms with Crippen molar-refractivity contribution < 1.29 is 9.59 Å². The fourth-order valence-corrected chi connectivity index (χ4v) is 3.68. The number of hydrogen-bond acceptors (Lipinski definition) is 4. The molecule has 2 amide bonds. The number of rotatable bonds is 2. The van der Waals surface area contributed by atoms with E-state index < -0.39 is 0 Å². The van der Waals surface area contributed by atoms with Gasteiger partial charge in [-0.15, -0.1) is 0 Å². The van der Waals surface area contributed by atoms with Crippen LogP contribution in [0.4, 0.5) is 5.82 Å². The number of carbonyl (C=O) groups excluding carboxylic acids is 2. The average Bonchev–Trinajstić information content (AvgIpc) is 3.19. The Kier molecular flexibility index (Phi) is 3.52. The first-order valence-corrected chi connectivity index (χ1v) is 8.08. The van der Waals surface area contributed by atoms with Crippen molar-refractivity contribution in [3.05, 3.63) is 54.5 Å². The van der Waals surface area contributed by atoms with Crippen LogP contribution in [-0.4, -0.2) is 46.3 Å². The third kappa shape index (κ3) is 2.54. The number of amides is 2. The van der Waals surface area contributed by atoms with Crippen molar-refractivity contribution in [1.29, 1.82) is 0 Å². The van der Waals surface area contributed by atoms with Crippen molar-refractivity contribution in [3.8, 4) is 0 Å². The predicted molar refractivity (Wildman–Crippen MR) is 88.4 cm³/mol. The van der Waals surface area contributed by atoms with Crippen LogP contribution >= 0.6 is 0 Å². The lowest BCUT2D eigenvalue weighted by Crippen LogP contribution is -2.34. The summed E-state index contributed by atoms with van der Waals surface area (Å²) >= 11 is 0. The monoisotopic (exact) mass is 322 g/mol. The molecule has 1 spiro atoms. The molecule has 1 atom stereocenters. The molecule has 4 heterocycles. The maximum Gasteiger partial charge on any atom is 0.253 e. The molecule has 0 aliphatic carbocycles. The van der Waals surface area contributed by atoms with E-state index in [1.807, 2.05) is 23.1 Å². The fraction of sp³-hybridized carbons (Fsp3) is 0.333. The number of likely N-dealkylation sites (tertiary alicyclic amines) is 1. The molecule has 0 aromatic carbocycles. The van der Waals surface area contributed by atoms with E-state index in [4.69, 9.17) is 0 Å². The van der Waals surface area contributed by atoms with Gasteiger partial charge in [0.1, 0.15) is 5.82 Å². The molecule has 122 valence electrons. The molecular weight excluding hydrogens is 304 g/mol. The van der Waals surface area contributed by atoms with Gasteiger partial charge in [0.05, 0.1) is 0 Å². The highest BCUT2D eigenvalue weighted by molar-refractivity contribution is 5.97. The fourth-order valence-electron chi connectivity index (χ4n) is 3.68. The van der Waals surface area contributed by atoms with Gasteiger partial charge in [-0.1, -0.05) is 6.07 Å². The maximum absolute atomic E-state index is 12.6. The molecule has 4 rings (SSSR count). The van der Waals surface area contributed by atoms with E-state index in [1.54, 1.807) is 35.6 Å². The summed E-state index contributed by atoms with van der Waals surface area (Å²) in [6.45, 7) is 1.93. The standard InChI is InChI=1S/C18H18N4O2/c23-16-11-18(13-22(16)15-3-1-2-7-20-15)6-10-21(12-18)17(24)14-4-8-19-9-5-14/h1-5,7-9H,6,10-13H2. The Balaban J connectivity index is 1.50. The molecule has 1 unspecified atom stereocenters. The highest BCUT2D eigenvalue weighted by Gasteiger charge is 2.49. The van der Waals surface area contributed by atoms with Gasteiger partial charge >= 0.3 is 0 Å². The summed E-state index contributed by atoms with van der Waals surface area (Å²) in [7, 11) is 0. The molecule has 2 saturated heterocycles. The van der Waals surface area contributed by atoms with Crippen LogP contribution in [0.3, 0.4) is 0 Å². The third-order valence-electron chi connectivity index (χ3n) is 4.90. The quantitative estimate of drug-likeness (QED) is 0.845. The van der Waals surface area contributed by atoms with Gasteiger partial charge in [-0.2, -0.15) is 0 Å². The first-order chi connectivity index (χ1) is 11.7. The molecule has 0 saturated carbocycles. The van der Waals surface area contributed by atoms with Crippen molar-refractivity contribution in [3.63, 3.8) is 0 Å². The van der Waals surface area contributed by atoms with Crippen molar-refractivity contribution in [2.24, 2.45) is 5.41 Å². The molecule has 6 heteroatoms. The smallest absolute Gasteiger partial charge is 0.253 e. The Morgan fingerprint density at radius 1 is 1.08 bits per heavy atom. The topological polar surface area (TPSA) is 66.4 Å². The Bertz CT molecular complexity index is 765. The molecule has 0 bridgehead atoms. The largest absolute Gasteiger partial charge is 0.338 e. The second kappa shape index (κ2) is 5.70. The van der Waals surface area contributed by atoms with Crippen LogP contribution < -0.4 is 4.90 Å². The Hall–Kier alpha value is -2.76. The van der Waals surface area contributed by atoms with Crippen LogP contribution in [0.2, 0.25) is 0 Å². The van der Waals surface area contributed by atoms with E-state index >= 15 is 0 Å². The molecular formula is C18H18N4O2. The zero-order valence-corrected chi connectivity index (χ0v) is 13.3. The maximum atomic E-state index is 12.6. The van der Waals surface area contributed by atoms with E-state index in [9.17, 15) is 9.59 Å². The SMILES string of the molecule is O=C(c1ccncc1)N1CCC2(CC(=O)N(c3ccccn3)C2)C1. The minimum Gasteiger partial charge on any atom is -0.338 e. The lowest BCUT2D eigenvalue weighted by molar-refractivity contribution is -0.117. The molecule has 2 aromatic heterocycles. The highest BCUT2D eigenvalue weighted by atomic mass is 16.2. The van der Waals surface area contributed by atoms with Gasteiger partial charge in [-0.05, 0) is 30.7 Å².